The number of aromatic nitrogens is 1. The van der Waals surface area contributed by atoms with Crippen LogP contribution in [-0.4, -0.2) is 79.5 Å². The first kappa shape index (κ1) is 25.5. The molecule has 0 unspecified atom stereocenters. The van der Waals surface area contributed by atoms with Gasteiger partial charge in [0, 0.05) is 66.4 Å². The zero-order valence-corrected chi connectivity index (χ0v) is 21.8. The summed E-state index contributed by atoms with van der Waals surface area (Å²) in [6.07, 6.45) is 1.55. The van der Waals surface area contributed by atoms with Crippen molar-refractivity contribution in [3.63, 3.8) is 0 Å². The number of halogens is 2. The highest BCUT2D eigenvalue weighted by Crippen LogP contribution is 2.38. The summed E-state index contributed by atoms with van der Waals surface area (Å²) in [7, 11) is 1.60. The number of piperazine rings is 1. The van der Waals surface area contributed by atoms with Gasteiger partial charge in [-0.1, -0.05) is 11.6 Å². The van der Waals surface area contributed by atoms with Crippen molar-refractivity contribution in [1.29, 1.82) is 5.26 Å². The van der Waals surface area contributed by atoms with E-state index in [9.17, 15) is 5.26 Å². The number of fused-ring (bicyclic) bond motifs is 1. The number of nitrogens with one attached hydrogen (secondary N) is 1. The van der Waals surface area contributed by atoms with Gasteiger partial charge in [-0.15, -0.1) is 0 Å². The molecule has 0 radical (unpaired) electrons. The van der Waals surface area contributed by atoms with E-state index in [0.717, 1.165) is 54.8 Å². The van der Waals surface area contributed by atoms with Gasteiger partial charge in [-0.25, -0.2) is 0 Å². The van der Waals surface area contributed by atoms with E-state index >= 15 is 0 Å². The van der Waals surface area contributed by atoms with Crippen LogP contribution in [0.2, 0.25) is 5.02 Å². The molecule has 3 aromatic rings. The Morgan fingerprint density at radius 1 is 1.14 bits per heavy atom. The smallest absolute Gasteiger partial charge is 0.163 e. The van der Waals surface area contributed by atoms with E-state index in [4.69, 9.17) is 26.2 Å². The van der Waals surface area contributed by atoms with Crippen LogP contribution in [-0.2, 0) is 0 Å². The minimum atomic E-state index is 0.197. The normalized spacial score (nSPS) is 14.6. The third-order valence-corrected chi connectivity index (χ3v) is 6.90. The second-order valence-corrected chi connectivity index (χ2v) is 9.47. The van der Waals surface area contributed by atoms with Crippen LogP contribution in [0.15, 0.2) is 41.0 Å². The number of β-amino-alcohol motifs (C(OH)–C–C–N with tert-alkyl or cyclic N) is 1. The van der Waals surface area contributed by atoms with E-state index < -0.39 is 0 Å². The van der Waals surface area contributed by atoms with Crippen LogP contribution in [0.1, 0.15) is 5.56 Å². The number of aliphatic hydroxyl groups is 1. The molecule has 1 saturated heterocycles. The third kappa shape index (κ3) is 6.15. The molecule has 1 aromatic heterocycles. The molecule has 0 amide bonds. The second kappa shape index (κ2) is 11.9. The van der Waals surface area contributed by atoms with Crippen LogP contribution in [0.3, 0.4) is 0 Å². The van der Waals surface area contributed by atoms with Gasteiger partial charge in [0.25, 0.3) is 0 Å². The van der Waals surface area contributed by atoms with E-state index in [2.05, 4.69) is 42.1 Å². The molecular weight excluding hydrogens is 534 g/mol. The van der Waals surface area contributed by atoms with Crippen molar-refractivity contribution >= 4 is 49.8 Å². The van der Waals surface area contributed by atoms with Crippen molar-refractivity contribution in [2.24, 2.45) is 0 Å². The first-order valence-electron chi connectivity index (χ1n) is 11.3. The lowest BCUT2D eigenvalue weighted by Crippen LogP contribution is -2.48. The average Bonchev–Trinajstić information content (AvgIpc) is 2.86. The monoisotopic (exact) mass is 559 g/mol. The Kier molecular flexibility index (Phi) is 8.65. The molecule has 4 rings (SSSR count). The van der Waals surface area contributed by atoms with Crippen LogP contribution in [0, 0.1) is 11.3 Å². The molecule has 0 atom stereocenters. The largest absolute Gasteiger partial charge is 0.493 e. The lowest BCUT2D eigenvalue weighted by atomic mass is 10.1. The molecule has 0 saturated carbocycles. The number of anilines is 2. The Morgan fingerprint density at radius 3 is 2.54 bits per heavy atom. The molecule has 1 fully saturated rings. The maximum atomic E-state index is 9.70. The van der Waals surface area contributed by atoms with Crippen molar-refractivity contribution in [3.05, 3.63) is 51.6 Å². The molecule has 10 heteroatoms. The Morgan fingerprint density at radius 2 is 1.89 bits per heavy atom. The summed E-state index contributed by atoms with van der Waals surface area (Å²) in [6, 6.07) is 11.3. The van der Waals surface area contributed by atoms with Crippen molar-refractivity contribution in [2.75, 3.05) is 64.9 Å². The Hall–Kier alpha value is -2.61. The van der Waals surface area contributed by atoms with Crippen molar-refractivity contribution in [1.82, 2.24) is 14.8 Å². The van der Waals surface area contributed by atoms with Crippen molar-refractivity contribution in [2.45, 2.75) is 0 Å². The number of hydrogen-bond donors (Lipinski definition) is 2. The number of nitrogens with zero attached hydrogens (tertiary/aromatic N) is 4. The molecule has 1 aliphatic heterocycles. The number of ether oxygens (including phenoxy) is 2. The van der Waals surface area contributed by atoms with Crippen molar-refractivity contribution in [3.8, 4) is 17.6 Å². The molecule has 184 valence electrons. The number of rotatable bonds is 9. The Bertz CT molecular complexity index is 1230. The van der Waals surface area contributed by atoms with Gasteiger partial charge in [-0.3, -0.25) is 14.8 Å². The summed E-state index contributed by atoms with van der Waals surface area (Å²) in [4.78, 5) is 9.10. The van der Waals surface area contributed by atoms with Gasteiger partial charge >= 0.3 is 0 Å². The maximum Gasteiger partial charge on any atom is 0.163 e. The first-order valence-corrected chi connectivity index (χ1v) is 12.5. The highest BCUT2D eigenvalue weighted by Gasteiger charge is 2.18. The topological polar surface area (TPSA) is 93.9 Å². The minimum absolute atomic E-state index is 0.197. The highest BCUT2D eigenvalue weighted by atomic mass is 79.9. The van der Waals surface area contributed by atoms with Gasteiger partial charge in [-0.2, -0.15) is 5.26 Å². The van der Waals surface area contributed by atoms with Crippen LogP contribution < -0.4 is 14.8 Å². The first-order chi connectivity index (χ1) is 17.0. The summed E-state index contributed by atoms with van der Waals surface area (Å²) >= 11 is 9.60. The van der Waals surface area contributed by atoms with Gasteiger partial charge in [0.2, 0.25) is 0 Å². The number of nitriles is 1. The van der Waals surface area contributed by atoms with Gasteiger partial charge in [0.1, 0.15) is 12.7 Å². The number of hydrogen-bond acceptors (Lipinski definition) is 8. The number of pyridine rings is 1. The molecule has 0 spiro atoms. The number of aliphatic hydroxyl groups excluding tert-OH is 1. The highest BCUT2D eigenvalue weighted by molar-refractivity contribution is 9.10. The molecule has 1 aliphatic rings. The maximum absolute atomic E-state index is 9.70. The Labute approximate surface area is 218 Å². The zero-order valence-electron chi connectivity index (χ0n) is 19.4. The summed E-state index contributed by atoms with van der Waals surface area (Å²) in [5.41, 5.74) is 2.50. The summed E-state index contributed by atoms with van der Waals surface area (Å²) < 4.78 is 12.5. The quantitative estimate of drug-likeness (QED) is 0.401. The van der Waals surface area contributed by atoms with Crippen LogP contribution in [0.4, 0.5) is 11.4 Å². The number of benzene rings is 2. The van der Waals surface area contributed by atoms with E-state index in [1.807, 2.05) is 18.2 Å². The fraction of sp³-hybridized carbons (Fsp3) is 0.360. The summed E-state index contributed by atoms with van der Waals surface area (Å²) in [6.45, 7) is 6.04. The van der Waals surface area contributed by atoms with Gasteiger partial charge in [0.15, 0.2) is 11.5 Å². The molecule has 2 aromatic carbocycles. The van der Waals surface area contributed by atoms with Gasteiger partial charge in [-0.05, 0) is 40.2 Å². The average molecular weight is 561 g/mol. The predicted octanol–water partition coefficient (Wildman–Crippen LogP) is 4.26. The standard InChI is InChI=1S/C25H27BrClN5O3/c1-34-23-13-19-22(14-24(23)35-11-9-32-6-4-31(5-7-32)8-10-33)29-16-17(15-28)25(19)30-21-3-2-18(27)12-20(21)26/h2-3,12-14,16,33H,4-11H2,1H3,(H,29,30). The lowest BCUT2D eigenvalue weighted by molar-refractivity contribution is 0.101. The van der Waals surface area contributed by atoms with E-state index in [0.29, 0.717) is 39.9 Å². The zero-order chi connectivity index (χ0) is 24.8. The Balaban J connectivity index is 1.53. The molecular formula is C25H27BrClN5O3. The molecule has 2 N–H and O–H groups in total. The van der Waals surface area contributed by atoms with E-state index in [1.165, 1.54) is 0 Å². The van der Waals surface area contributed by atoms with Crippen molar-refractivity contribution < 1.29 is 14.6 Å². The molecule has 35 heavy (non-hydrogen) atoms. The summed E-state index contributed by atoms with van der Waals surface area (Å²) in [5, 5.41) is 23.5. The van der Waals surface area contributed by atoms with Gasteiger partial charge < -0.3 is 19.9 Å². The molecule has 8 nitrogen and oxygen atoms in total. The second-order valence-electron chi connectivity index (χ2n) is 8.18. The SMILES string of the molecule is COc1cc2c(Nc3ccc(Cl)cc3Br)c(C#N)cnc2cc1OCCN1CCN(CCO)CC1. The van der Waals surface area contributed by atoms with Gasteiger partial charge in [0.05, 0.1) is 36.2 Å². The molecule has 2 heterocycles. The van der Waals surface area contributed by atoms with Crippen LogP contribution >= 0.6 is 27.5 Å². The minimum Gasteiger partial charge on any atom is -0.493 e. The molecule has 0 bridgehead atoms. The fourth-order valence-corrected chi connectivity index (χ4v) is 4.86. The third-order valence-electron chi connectivity index (χ3n) is 6.01. The predicted molar refractivity (Wildman–Crippen MR) is 141 cm³/mol. The van der Waals surface area contributed by atoms with Crippen LogP contribution in [0.5, 0.6) is 11.5 Å². The molecule has 0 aliphatic carbocycles. The lowest BCUT2D eigenvalue weighted by Gasteiger charge is -2.34. The fourth-order valence-electron chi connectivity index (χ4n) is 4.08. The van der Waals surface area contributed by atoms with E-state index in [1.54, 1.807) is 25.4 Å². The van der Waals surface area contributed by atoms with E-state index in [-0.39, 0.29) is 6.61 Å². The number of methoxy groups -OCH3 is 1. The summed E-state index contributed by atoms with van der Waals surface area (Å²) in [5.74, 6) is 1.18. The van der Waals surface area contributed by atoms with Crippen LogP contribution in [0.25, 0.3) is 10.9 Å².